The topological polar surface area (TPSA) is 54.4 Å². The molecule has 1 aromatic carbocycles. The molecule has 0 aliphatic heterocycles. The second-order valence-corrected chi connectivity index (χ2v) is 4.14. The van der Waals surface area contributed by atoms with Crippen LogP contribution in [0.25, 0.3) is 0 Å². The Hall–Kier alpha value is 0.0521. The van der Waals surface area contributed by atoms with Crippen molar-refractivity contribution in [1.29, 1.82) is 0 Å². The third-order valence-electron chi connectivity index (χ3n) is 1.78. The van der Waals surface area contributed by atoms with Crippen molar-refractivity contribution in [3.63, 3.8) is 0 Å². The number of rotatable bonds is 1. The van der Waals surface area contributed by atoms with E-state index in [1.54, 1.807) is 13.0 Å². The standard InChI is InChI=1S/C8H10O3S.Tl/c1-6-3-4-8(5-7(6)2)12(9,10)11;/h3-5H,1-2H3,(H,9,10,11);. The molecule has 0 saturated carbocycles. The Labute approximate surface area is 98.1 Å². The van der Waals surface area contributed by atoms with Gasteiger partial charge >= 0.3 is 0 Å². The molecule has 0 spiro atoms. The quantitative estimate of drug-likeness (QED) is 0.579. The first-order valence-corrected chi connectivity index (χ1v) is 4.90. The minimum absolute atomic E-state index is 0. The zero-order valence-electron chi connectivity index (χ0n) is 7.48. The maximum Gasteiger partial charge on any atom is 0.294 e. The van der Waals surface area contributed by atoms with Gasteiger partial charge in [-0.05, 0) is 37.1 Å². The summed E-state index contributed by atoms with van der Waals surface area (Å²) in [6, 6.07) is 4.50. The molecule has 0 aromatic heterocycles. The summed E-state index contributed by atoms with van der Waals surface area (Å²) >= 11 is 0. The van der Waals surface area contributed by atoms with Crippen molar-refractivity contribution in [3.8, 4) is 0 Å². The third-order valence-corrected chi connectivity index (χ3v) is 2.63. The van der Waals surface area contributed by atoms with Gasteiger partial charge in [-0.3, -0.25) is 4.55 Å². The Morgan fingerprint density at radius 3 is 2.08 bits per heavy atom. The number of hydrogen-bond donors (Lipinski definition) is 1. The second kappa shape index (κ2) is 4.52. The van der Waals surface area contributed by atoms with Crippen LogP contribution < -0.4 is 0 Å². The SMILES string of the molecule is Cc1ccc(S(=O)(=O)O)cc1C.[Tl]. The summed E-state index contributed by atoms with van der Waals surface area (Å²) in [5.74, 6) is 0. The Bertz CT molecular complexity index is 398. The summed E-state index contributed by atoms with van der Waals surface area (Å²) in [4.78, 5) is -0.0504. The van der Waals surface area contributed by atoms with Crippen LogP contribution in [0, 0.1) is 13.8 Å². The van der Waals surface area contributed by atoms with Crippen LogP contribution in [0.1, 0.15) is 11.1 Å². The summed E-state index contributed by atoms with van der Waals surface area (Å²) in [5, 5.41) is 0. The second-order valence-electron chi connectivity index (χ2n) is 2.72. The Morgan fingerprint density at radius 1 is 1.15 bits per heavy atom. The van der Waals surface area contributed by atoms with E-state index in [2.05, 4.69) is 0 Å². The van der Waals surface area contributed by atoms with Crippen LogP contribution in [0.15, 0.2) is 23.1 Å². The molecule has 69 valence electrons. The molecular weight excluding hydrogens is 381 g/mol. The van der Waals surface area contributed by atoms with Gasteiger partial charge in [0.1, 0.15) is 0 Å². The van der Waals surface area contributed by atoms with Gasteiger partial charge in [-0.1, -0.05) is 6.07 Å². The molecule has 0 aliphatic carbocycles. The van der Waals surface area contributed by atoms with E-state index in [4.69, 9.17) is 4.55 Å². The zero-order valence-corrected chi connectivity index (χ0v) is 12.8. The zero-order chi connectivity index (χ0) is 9.35. The summed E-state index contributed by atoms with van der Waals surface area (Å²) in [5.41, 5.74) is 1.85. The van der Waals surface area contributed by atoms with Gasteiger partial charge in [0, 0.05) is 27.3 Å². The van der Waals surface area contributed by atoms with Gasteiger partial charge in [0.15, 0.2) is 0 Å². The molecule has 0 heterocycles. The molecule has 0 unspecified atom stereocenters. The van der Waals surface area contributed by atoms with Gasteiger partial charge < -0.3 is 0 Å². The number of benzene rings is 1. The van der Waals surface area contributed by atoms with E-state index >= 15 is 0 Å². The molecule has 0 fully saturated rings. The monoisotopic (exact) mass is 391 g/mol. The molecule has 0 atom stereocenters. The summed E-state index contributed by atoms with van der Waals surface area (Å²) in [7, 11) is -4.04. The van der Waals surface area contributed by atoms with Crippen LogP contribution in [-0.2, 0) is 10.1 Å². The number of hydrogen-bond acceptors (Lipinski definition) is 2. The Balaban J connectivity index is 0.00000144. The number of aryl methyl sites for hydroxylation is 2. The smallest absolute Gasteiger partial charge is 0.282 e. The van der Waals surface area contributed by atoms with E-state index in [-0.39, 0.29) is 32.2 Å². The van der Waals surface area contributed by atoms with Gasteiger partial charge in [-0.15, -0.1) is 0 Å². The van der Waals surface area contributed by atoms with Crippen LogP contribution in [0.4, 0.5) is 0 Å². The third kappa shape index (κ3) is 3.35. The molecule has 1 aromatic rings. The average molecular weight is 391 g/mol. The molecule has 13 heavy (non-hydrogen) atoms. The van der Waals surface area contributed by atoms with E-state index in [1.807, 2.05) is 6.92 Å². The molecule has 0 amide bonds. The summed E-state index contributed by atoms with van der Waals surface area (Å²) in [6.07, 6.45) is 0. The minimum Gasteiger partial charge on any atom is -0.282 e. The normalized spacial score (nSPS) is 10.7. The predicted molar refractivity (Wildman–Crippen MR) is 51.5 cm³/mol. The van der Waals surface area contributed by atoms with Crippen molar-refractivity contribution >= 4 is 37.4 Å². The first-order valence-electron chi connectivity index (χ1n) is 3.46. The fourth-order valence-electron chi connectivity index (χ4n) is 0.874. The fraction of sp³-hybridized carbons (Fsp3) is 0.250. The van der Waals surface area contributed by atoms with Gasteiger partial charge in [0.2, 0.25) is 0 Å². The first-order chi connectivity index (χ1) is 5.41. The van der Waals surface area contributed by atoms with Crippen LogP contribution in [0.5, 0.6) is 0 Å². The fourth-order valence-corrected chi connectivity index (χ4v) is 1.44. The maximum atomic E-state index is 10.7. The molecule has 0 aliphatic rings. The van der Waals surface area contributed by atoms with Gasteiger partial charge in [0.05, 0.1) is 4.90 Å². The van der Waals surface area contributed by atoms with Gasteiger partial charge in [0.25, 0.3) is 10.1 Å². The van der Waals surface area contributed by atoms with Gasteiger partial charge in [-0.25, -0.2) is 0 Å². The van der Waals surface area contributed by atoms with E-state index in [0.29, 0.717) is 0 Å². The van der Waals surface area contributed by atoms with Crippen molar-refractivity contribution in [2.75, 3.05) is 0 Å². The molecule has 1 radical (unpaired) electrons. The van der Waals surface area contributed by atoms with Gasteiger partial charge in [-0.2, -0.15) is 8.42 Å². The van der Waals surface area contributed by atoms with Crippen LogP contribution >= 0.6 is 0 Å². The van der Waals surface area contributed by atoms with E-state index < -0.39 is 10.1 Å². The first kappa shape index (κ1) is 13.1. The van der Waals surface area contributed by atoms with E-state index in [1.165, 1.54) is 12.1 Å². The largest absolute Gasteiger partial charge is 0.294 e. The minimum atomic E-state index is -4.04. The van der Waals surface area contributed by atoms with Crippen molar-refractivity contribution in [2.45, 2.75) is 18.7 Å². The van der Waals surface area contributed by atoms with E-state index in [0.717, 1.165) is 11.1 Å². The molecule has 0 bridgehead atoms. The molecular formula is C8H10O3STl. The molecule has 1 rings (SSSR count). The Morgan fingerprint density at radius 2 is 1.69 bits per heavy atom. The Kier molecular flexibility index (Phi) is 4.54. The van der Waals surface area contributed by atoms with Crippen LogP contribution in [-0.4, -0.2) is 40.3 Å². The summed E-state index contributed by atoms with van der Waals surface area (Å²) < 4.78 is 30.0. The molecule has 5 heteroatoms. The van der Waals surface area contributed by atoms with Crippen molar-refractivity contribution < 1.29 is 13.0 Å². The van der Waals surface area contributed by atoms with E-state index in [9.17, 15) is 8.42 Å². The molecule has 0 saturated heterocycles. The van der Waals surface area contributed by atoms with Crippen LogP contribution in [0.2, 0.25) is 0 Å². The maximum absolute atomic E-state index is 10.7. The molecule has 1 N–H and O–H groups in total. The summed E-state index contributed by atoms with van der Waals surface area (Å²) in [6.45, 7) is 3.67. The average Bonchev–Trinajstić information content (AvgIpc) is 1.92. The van der Waals surface area contributed by atoms with Crippen LogP contribution in [0.3, 0.4) is 0 Å². The predicted octanol–water partition coefficient (Wildman–Crippen LogP) is 1.17. The molecule has 3 nitrogen and oxygen atoms in total. The van der Waals surface area contributed by atoms with Crippen molar-refractivity contribution in [2.24, 2.45) is 0 Å². The van der Waals surface area contributed by atoms with Crippen molar-refractivity contribution in [1.82, 2.24) is 0 Å². The van der Waals surface area contributed by atoms with Crippen molar-refractivity contribution in [3.05, 3.63) is 29.3 Å².